The smallest absolute Gasteiger partial charge is 0.162 e. The van der Waals surface area contributed by atoms with Gasteiger partial charge in [0.2, 0.25) is 0 Å². The molecule has 13 rings (SSSR count). The summed E-state index contributed by atoms with van der Waals surface area (Å²) in [6.45, 7) is 7.72. The molecule has 3 aliphatic carbocycles. The van der Waals surface area contributed by atoms with Gasteiger partial charge >= 0.3 is 0 Å². The number of phenols is 2. The topological polar surface area (TPSA) is 222 Å². The van der Waals surface area contributed by atoms with Crippen LogP contribution in [0.3, 0.4) is 0 Å². The van der Waals surface area contributed by atoms with Crippen LogP contribution >= 0.6 is 0 Å². The van der Waals surface area contributed by atoms with Gasteiger partial charge in [-0.1, -0.05) is 112 Å². The lowest BCUT2D eigenvalue weighted by atomic mass is 9.62. The number of aliphatic hydroxyl groups is 4. The van der Waals surface area contributed by atoms with Gasteiger partial charge < -0.3 is 65.2 Å². The van der Waals surface area contributed by atoms with Crippen LogP contribution in [0.25, 0.3) is 28.1 Å². The van der Waals surface area contributed by atoms with E-state index in [4.69, 9.17) is 18.9 Å². The third kappa shape index (κ3) is 13.8. The van der Waals surface area contributed by atoms with Crippen LogP contribution in [0.1, 0.15) is 158 Å². The van der Waals surface area contributed by atoms with Gasteiger partial charge in [0.25, 0.3) is 0 Å². The van der Waals surface area contributed by atoms with Gasteiger partial charge in [-0.05, 0) is 199 Å². The summed E-state index contributed by atoms with van der Waals surface area (Å²) in [4.78, 5) is 3.43. The van der Waals surface area contributed by atoms with Crippen molar-refractivity contribution in [1.29, 1.82) is 0 Å². The highest BCUT2D eigenvalue weighted by Gasteiger charge is 2.55. The Morgan fingerprint density at radius 2 is 1.56 bits per heavy atom. The molecular formula is C79H95N5O10. The number of aromatic hydroxyl groups is 2. The molecule has 8 atom stereocenters. The number of phenolic OH excluding ortho intramolecular Hbond substituents is 2. The van der Waals surface area contributed by atoms with Gasteiger partial charge in [0.05, 0.1) is 25.5 Å². The van der Waals surface area contributed by atoms with Crippen LogP contribution in [-0.4, -0.2) is 124 Å². The van der Waals surface area contributed by atoms with Gasteiger partial charge in [0, 0.05) is 85.1 Å². The summed E-state index contributed by atoms with van der Waals surface area (Å²) in [6.07, 6.45) is 13.6. The number of aromatic amines is 1. The van der Waals surface area contributed by atoms with Gasteiger partial charge in [-0.25, -0.2) is 0 Å². The van der Waals surface area contributed by atoms with Crippen LogP contribution < -0.4 is 35.5 Å². The van der Waals surface area contributed by atoms with Crippen molar-refractivity contribution in [2.24, 2.45) is 5.92 Å². The lowest BCUT2D eigenvalue weighted by Crippen LogP contribution is -2.62. The molecule has 496 valence electrons. The van der Waals surface area contributed by atoms with Crippen molar-refractivity contribution in [2.75, 3.05) is 52.9 Å². The van der Waals surface area contributed by atoms with Crippen LogP contribution in [-0.2, 0) is 49.7 Å². The van der Waals surface area contributed by atoms with Crippen LogP contribution in [0.4, 0.5) is 0 Å². The zero-order chi connectivity index (χ0) is 64.9. The molecular weight excluding hydrogens is 1180 g/mol. The number of aryl methyl sites for hydroxylation is 3. The Balaban J connectivity index is 1.000. The fourth-order valence-corrected chi connectivity index (χ4v) is 16.4. The zero-order valence-corrected chi connectivity index (χ0v) is 54.9. The third-order valence-electron chi connectivity index (χ3n) is 20.7. The first-order chi connectivity index (χ1) is 45.8. The first kappa shape index (κ1) is 65.5. The van der Waals surface area contributed by atoms with Crippen molar-refractivity contribution in [3.8, 4) is 51.7 Å². The number of fused-ring (bicyclic) bond motifs is 12. The van der Waals surface area contributed by atoms with E-state index in [0.717, 1.165) is 106 Å². The summed E-state index contributed by atoms with van der Waals surface area (Å²) in [5, 5.41) is 84.9. The summed E-state index contributed by atoms with van der Waals surface area (Å²) >= 11 is 0. The van der Waals surface area contributed by atoms with Gasteiger partial charge in [-0.3, -0.25) is 10.6 Å². The Morgan fingerprint density at radius 3 is 2.36 bits per heavy atom. The second-order valence-corrected chi connectivity index (χ2v) is 28.0. The molecule has 2 bridgehead atoms. The summed E-state index contributed by atoms with van der Waals surface area (Å²) in [5.74, 6) is 8.91. The van der Waals surface area contributed by atoms with E-state index in [1.54, 1.807) is 0 Å². The molecule has 0 unspecified atom stereocenters. The number of aliphatic hydroxyl groups excluding tert-OH is 3. The van der Waals surface area contributed by atoms with E-state index in [9.17, 15) is 30.6 Å². The highest BCUT2D eigenvalue weighted by molar-refractivity contribution is 5.90. The molecule has 11 N–H and O–H groups in total. The molecule has 1 aromatic heterocycles. The average Bonchev–Trinajstić information content (AvgIpc) is 0.698. The number of nitrogens with one attached hydrogen (secondary N) is 5. The van der Waals surface area contributed by atoms with E-state index < -0.39 is 35.6 Å². The minimum Gasteiger partial charge on any atom is -0.507 e. The number of aromatic nitrogens is 1. The molecule has 1 saturated carbocycles. The Morgan fingerprint density at radius 1 is 0.766 bits per heavy atom. The number of hydrogen-bond acceptors (Lipinski definition) is 14. The van der Waals surface area contributed by atoms with E-state index in [0.29, 0.717) is 87.1 Å². The Bertz CT molecular complexity index is 3900. The Labute approximate surface area is 553 Å². The van der Waals surface area contributed by atoms with Crippen molar-refractivity contribution in [3.05, 3.63) is 176 Å². The predicted molar refractivity (Wildman–Crippen MR) is 369 cm³/mol. The molecule has 4 heterocycles. The minimum atomic E-state index is -1.35. The normalized spacial score (nSPS) is 22.7. The molecule has 15 heteroatoms. The fourth-order valence-electron chi connectivity index (χ4n) is 16.4. The van der Waals surface area contributed by atoms with E-state index in [2.05, 4.69) is 125 Å². The van der Waals surface area contributed by atoms with E-state index in [1.165, 1.54) is 23.1 Å². The highest BCUT2D eigenvalue weighted by atomic mass is 16.6. The lowest BCUT2D eigenvalue weighted by molar-refractivity contribution is -0.144. The van der Waals surface area contributed by atoms with Gasteiger partial charge in [-0.2, -0.15) is 0 Å². The lowest BCUT2D eigenvalue weighted by Gasteiger charge is -2.50. The number of rotatable bonds is 25. The van der Waals surface area contributed by atoms with Crippen molar-refractivity contribution >= 4 is 17.0 Å². The number of benzene rings is 6. The summed E-state index contributed by atoms with van der Waals surface area (Å²) in [7, 11) is 0. The maximum absolute atomic E-state index is 12.5. The molecule has 15 nitrogen and oxygen atoms in total. The van der Waals surface area contributed by atoms with E-state index >= 15 is 0 Å². The maximum atomic E-state index is 12.5. The van der Waals surface area contributed by atoms with Gasteiger partial charge in [0.1, 0.15) is 41.1 Å². The average molecular weight is 1270 g/mol. The number of ether oxygens (including phenoxy) is 4. The second kappa shape index (κ2) is 29.0. The molecule has 0 amide bonds. The Hall–Kier alpha value is -7.20. The third-order valence-corrected chi connectivity index (χ3v) is 20.7. The SMILES string of the molecule is CC(C)C[C@@](C)(O)CNCN[C@H]1C#CC[C@@H](CO)Oc2cc(cc(CCc3ccccc3CCO)c2O)[C@H]2Oc3c(c4c(c5c3CC[C@@H](CO)O5)-c3ccc(O)c5c3[C@H](C4)[C@@H](c3ccc4[nH]ccc4c3)C(CNCCCc3ccccc3)=C5)C[C@]12OCNC1CCCCC1. The standard InChI is InChI=1S/C79H95N5O10/c1-49(2)41-78(3,90)46-81-47-83-70-22-12-21-59(44-86)92-69-39-56(37-55(74(69)89)24-23-51-17-10-11-18-52(51)32-35-85)77-79(70,91-48-84-58-19-8-5-9-20-58)42-66-63-40-65-71(54-25-29-67-53(36-54)31-34-82-67)57(43-80-33-13-16-50-14-6-4-7-15-50)38-64-68(88)30-28-61(72(64)65)73(63)76-62(75(66)94-77)27-26-60(45-87)93-76/h4,6-7,10-11,14-15,17-18,25,28-31,34,36-39,49,58-60,65,70-71,77,80-90H,5,8-9,13,16,19-21,23-24,26-27,32-33,35,40-48H2,1-3H3/t59-,60-,65+,70-,71-,77+,78+,79-/m0/s1. The maximum Gasteiger partial charge on any atom is 0.162 e. The molecule has 7 aromatic rings. The van der Waals surface area contributed by atoms with Crippen LogP contribution in [0.2, 0.25) is 0 Å². The van der Waals surface area contributed by atoms with Crippen LogP contribution in [0.15, 0.2) is 115 Å². The first-order valence-electron chi connectivity index (χ1n) is 34.7. The summed E-state index contributed by atoms with van der Waals surface area (Å²) in [5.41, 5.74) is 12.5. The molecule has 3 aliphatic heterocycles. The van der Waals surface area contributed by atoms with Crippen LogP contribution in [0.5, 0.6) is 28.7 Å². The van der Waals surface area contributed by atoms with Gasteiger partial charge in [0.15, 0.2) is 17.6 Å². The van der Waals surface area contributed by atoms with Crippen molar-refractivity contribution in [1.82, 2.24) is 26.3 Å². The monoisotopic (exact) mass is 1270 g/mol. The largest absolute Gasteiger partial charge is 0.507 e. The fraction of sp³-hybridized carbons (Fsp3) is 0.468. The predicted octanol–water partition coefficient (Wildman–Crippen LogP) is 11.1. The highest BCUT2D eigenvalue weighted by Crippen LogP contribution is 2.62. The van der Waals surface area contributed by atoms with E-state index in [1.807, 2.05) is 49.5 Å². The van der Waals surface area contributed by atoms with Crippen molar-refractivity contribution < 1.29 is 49.6 Å². The molecule has 6 aromatic carbocycles. The molecule has 94 heavy (non-hydrogen) atoms. The number of hydrogen-bond donors (Lipinski definition) is 11. The van der Waals surface area contributed by atoms with Crippen molar-refractivity contribution in [2.45, 2.75) is 177 Å². The quantitative estimate of drug-likeness (QED) is 0.0146. The van der Waals surface area contributed by atoms with Gasteiger partial charge in [-0.15, -0.1) is 0 Å². The van der Waals surface area contributed by atoms with Crippen molar-refractivity contribution in [3.63, 3.8) is 0 Å². The summed E-state index contributed by atoms with van der Waals surface area (Å²) in [6, 6.07) is 34.9. The Kier molecular flexibility index (Phi) is 20.2. The molecule has 0 spiro atoms. The van der Waals surface area contributed by atoms with E-state index in [-0.39, 0.29) is 80.7 Å². The number of H-pyrrole nitrogens is 1. The van der Waals surface area contributed by atoms with Crippen LogP contribution in [0, 0.1) is 17.8 Å². The molecule has 0 radical (unpaired) electrons. The minimum absolute atomic E-state index is 0.00728. The first-order valence-corrected chi connectivity index (χ1v) is 34.7. The molecule has 6 aliphatic rings. The molecule has 0 saturated heterocycles. The summed E-state index contributed by atoms with van der Waals surface area (Å²) < 4.78 is 29.8. The molecule has 1 fully saturated rings. The second-order valence-electron chi connectivity index (χ2n) is 28.0. The zero-order valence-electron chi connectivity index (χ0n) is 54.9.